The minimum atomic E-state index is -4.03. The number of hydrogen-bond acceptors (Lipinski definition) is 5. The third kappa shape index (κ3) is 4.05. The van der Waals surface area contributed by atoms with Gasteiger partial charge in [0.2, 0.25) is 15.9 Å². The Morgan fingerprint density at radius 3 is 2.56 bits per heavy atom. The van der Waals surface area contributed by atoms with Gasteiger partial charge in [-0.3, -0.25) is 9.59 Å². The Labute approximate surface area is 153 Å². The van der Waals surface area contributed by atoms with Gasteiger partial charge < -0.3 is 10.1 Å². The molecular weight excluding hydrogens is 382 g/mol. The zero-order chi connectivity index (χ0) is 19.6. The number of halogens is 2. The highest BCUT2D eigenvalue weighted by Crippen LogP contribution is 2.27. The molecule has 1 aliphatic rings. The summed E-state index contributed by atoms with van der Waals surface area (Å²) in [7, 11) is -4.03. The lowest BCUT2D eigenvalue weighted by atomic mass is 10.1. The number of fused-ring (bicyclic) bond motifs is 1. The van der Waals surface area contributed by atoms with Gasteiger partial charge in [-0.1, -0.05) is 30.3 Å². The maximum absolute atomic E-state index is 12.5. The van der Waals surface area contributed by atoms with E-state index in [-0.39, 0.29) is 17.0 Å². The Morgan fingerprint density at radius 2 is 1.81 bits per heavy atom. The van der Waals surface area contributed by atoms with Gasteiger partial charge in [0.15, 0.2) is 0 Å². The fraction of sp³-hybridized carbons (Fsp3) is 0.176. The number of carbonyl (C=O) groups is 2. The number of nitrogens with zero attached hydrogens (tertiary/aromatic N) is 1. The highest BCUT2D eigenvalue weighted by molar-refractivity contribution is 7.89. The Balaban J connectivity index is 1.80. The second kappa shape index (κ2) is 7.31. The number of alkyl halides is 2. The van der Waals surface area contributed by atoms with Crippen molar-refractivity contribution >= 4 is 27.5 Å². The Kier molecular flexibility index (Phi) is 5.08. The molecule has 0 saturated heterocycles. The van der Waals surface area contributed by atoms with Gasteiger partial charge in [0.25, 0.3) is 5.91 Å². The van der Waals surface area contributed by atoms with Crippen molar-refractivity contribution in [2.75, 3.05) is 11.9 Å². The molecule has 1 heterocycles. The highest BCUT2D eigenvalue weighted by Gasteiger charge is 2.36. The van der Waals surface area contributed by atoms with Gasteiger partial charge in [0.05, 0.1) is 11.4 Å². The van der Waals surface area contributed by atoms with Crippen LogP contribution in [0.5, 0.6) is 5.75 Å². The molecule has 0 bridgehead atoms. The molecule has 2 aromatic carbocycles. The van der Waals surface area contributed by atoms with E-state index in [2.05, 4.69) is 10.1 Å². The van der Waals surface area contributed by atoms with Crippen LogP contribution in [0.1, 0.15) is 15.9 Å². The van der Waals surface area contributed by atoms with E-state index < -0.39 is 40.7 Å². The summed E-state index contributed by atoms with van der Waals surface area (Å²) in [6, 6.07) is 11.7. The summed E-state index contributed by atoms with van der Waals surface area (Å²) < 4.78 is 54.4. The van der Waals surface area contributed by atoms with E-state index in [0.29, 0.717) is 9.87 Å². The number of anilines is 1. The third-order valence-electron chi connectivity index (χ3n) is 3.81. The summed E-state index contributed by atoms with van der Waals surface area (Å²) in [6.45, 7) is -3.87. The van der Waals surface area contributed by atoms with E-state index in [1.54, 1.807) is 12.1 Å². The largest absolute Gasteiger partial charge is 0.433 e. The zero-order valence-corrected chi connectivity index (χ0v) is 14.6. The third-order valence-corrected chi connectivity index (χ3v) is 5.45. The number of hydrogen-bond donors (Lipinski definition) is 1. The molecule has 1 aliphatic heterocycles. The van der Waals surface area contributed by atoms with Gasteiger partial charge in [-0.25, -0.2) is 12.7 Å². The van der Waals surface area contributed by atoms with Crippen LogP contribution in [-0.2, 0) is 20.6 Å². The standard InChI is InChI=1S/C17H14F2N2O5S/c18-17(19)26-14-8-4-3-7-13(14)20-15(22)9-21-16(23)12-6-2-1-5-11(12)10-27(21,24)25/h1-8,17H,9-10H2,(H,20,22). The van der Waals surface area contributed by atoms with Crippen LogP contribution in [0.25, 0.3) is 0 Å². The molecule has 0 aliphatic carbocycles. The molecule has 10 heteroatoms. The van der Waals surface area contributed by atoms with Crippen LogP contribution in [0.4, 0.5) is 14.5 Å². The van der Waals surface area contributed by atoms with Crippen molar-refractivity contribution in [1.82, 2.24) is 4.31 Å². The molecule has 0 saturated carbocycles. The van der Waals surface area contributed by atoms with Gasteiger partial charge in [-0.2, -0.15) is 8.78 Å². The molecule has 0 spiro atoms. The van der Waals surface area contributed by atoms with Gasteiger partial charge in [-0.15, -0.1) is 0 Å². The Morgan fingerprint density at radius 1 is 1.15 bits per heavy atom. The second-order valence-electron chi connectivity index (χ2n) is 5.65. The summed E-state index contributed by atoms with van der Waals surface area (Å²) in [5.41, 5.74) is 0.487. The van der Waals surface area contributed by atoms with Crippen molar-refractivity contribution in [1.29, 1.82) is 0 Å². The summed E-state index contributed by atoms with van der Waals surface area (Å²) in [6.07, 6.45) is 0. The monoisotopic (exact) mass is 396 g/mol. The number of amides is 2. The van der Waals surface area contributed by atoms with Gasteiger partial charge in [-0.05, 0) is 23.8 Å². The number of sulfonamides is 1. The Hall–Kier alpha value is -3.01. The smallest absolute Gasteiger partial charge is 0.387 e. The van der Waals surface area contributed by atoms with Crippen LogP contribution in [0.3, 0.4) is 0 Å². The molecule has 27 heavy (non-hydrogen) atoms. The summed E-state index contributed by atoms with van der Waals surface area (Å²) in [5, 5.41) is 2.29. The first-order chi connectivity index (χ1) is 12.8. The average Bonchev–Trinajstić information content (AvgIpc) is 2.59. The number of para-hydroxylation sites is 2. The zero-order valence-electron chi connectivity index (χ0n) is 13.8. The summed E-state index contributed by atoms with van der Waals surface area (Å²) in [5.74, 6) is -2.37. The minimum Gasteiger partial charge on any atom is -0.433 e. The first-order valence-electron chi connectivity index (χ1n) is 7.74. The molecule has 0 atom stereocenters. The van der Waals surface area contributed by atoms with E-state index in [9.17, 15) is 26.8 Å². The molecule has 142 valence electrons. The van der Waals surface area contributed by atoms with Crippen LogP contribution in [0, 0.1) is 0 Å². The summed E-state index contributed by atoms with van der Waals surface area (Å²) >= 11 is 0. The molecule has 0 fully saturated rings. The molecule has 3 rings (SSSR count). The predicted octanol–water partition coefficient (Wildman–Crippen LogP) is 2.21. The van der Waals surface area contributed by atoms with Crippen molar-refractivity contribution in [3.05, 3.63) is 59.7 Å². The SMILES string of the molecule is O=C(CN1C(=O)c2ccccc2CS1(=O)=O)Nc1ccccc1OC(F)F. The first-order valence-corrected chi connectivity index (χ1v) is 9.35. The molecule has 0 unspecified atom stereocenters. The average molecular weight is 396 g/mol. The van der Waals surface area contributed by atoms with E-state index in [0.717, 1.165) is 0 Å². The molecule has 2 amide bonds. The lowest BCUT2D eigenvalue weighted by Gasteiger charge is -2.27. The molecule has 1 N–H and O–H groups in total. The van der Waals surface area contributed by atoms with Crippen LogP contribution in [0.15, 0.2) is 48.5 Å². The van der Waals surface area contributed by atoms with Crippen LogP contribution < -0.4 is 10.1 Å². The molecule has 7 nitrogen and oxygen atoms in total. The lowest BCUT2D eigenvalue weighted by molar-refractivity contribution is -0.116. The van der Waals surface area contributed by atoms with Crippen molar-refractivity contribution in [3.63, 3.8) is 0 Å². The Bertz CT molecular complexity index is 994. The van der Waals surface area contributed by atoms with Crippen LogP contribution in [0.2, 0.25) is 0 Å². The summed E-state index contributed by atoms with van der Waals surface area (Å²) in [4.78, 5) is 24.7. The van der Waals surface area contributed by atoms with Crippen LogP contribution in [-0.4, -0.2) is 37.7 Å². The van der Waals surface area contributed by atoms with Crippen molar-refractivity contribution in [3.8, 4) is 5.75 Å². The van der Waals surface area contributed by atoms with Gasteiger partial charge >= 0.3 is 6.61 Å². The quantitative estimate of drug-likeness (QED) is 0.837. The van der Waals surface area contributed by atoms with E-state index >= 15 is 0 Å². The molecular formula is C17H14F2N2O5S. The van der Waals surface area contributed by atoms with E-state index in [1.807, 2.05) is 0 Å². The maximum atomic E-state index is 12.5. The maximum Gasteiger partial charge on any atom is 0.387 e. The van der Waals surface area contributed by atoms with Gasteiger partial charge in [0.1, 0.15) is 12.3 Å². The normalized spacial score (nSPS) is 15.4. The number of ether oxygens (including phenoxy) is 1. The van der Waals surface area contributed by atoms with Crippen molar-refractivity contribution in [2.24, 2.45) is 0 Å². The van der Waals surface area contributed by atoms with Crippen LogP contribution >= 0.6 is 0 Å². The molecule has 0 radical (unpaired) electrons. The number of nitrogens with one attached hydrogen (secondary N) is 1. The second-order valence-corrected chi connectivity index (χ2v) is 7.54. The minimum absolute atomic E-state index is 0.0648. The van der Waals surface area contributed by atoms with Crippen molar-refractivity contribution < 1.29 is 31.5 Å². The van der Waals surface area contributed by atoms with Crippen molar-refractivity contribution in [2.45, 2.75) is 12.4 Å². The van der Waals surface area contributed by atoms with E-state index in [4.69, 9.17) is 0 Å². The predicted molar refractivity (Wildman–Crippen MR) is 91.8 cm³/mol. The fourth-order valence-electron chi connectivity index (χ4n) is 2.65. The van der Waals surface area contributed by atoms with Gasteiger partial charge in [0, 0.05) is 5.56 Å². The number of carbonyl (C=O) groups excluding carboxylic acids is 2. The number of benzene rings is 2. The first kappa shape index (κ1) is 18.8. The molecule has 0 aromatic heterocycles. The molecule has 2 aromatic rings. The van der Waals surface area contributed by atoms with E-state index in [1.165, 1.54) is 36.4 Å². The lowest BCUT2D eigenvalue weighted by Crippen LogP contribution is -2.45. The highest BCUT2D eigenvalue weighted by atomic mass is 32.2. The fourth-order valence-corrected chi connectivity index (χ4v) is 4.11. The number of rotatable bonds is 5. The topological polar surface area (TPSA) is 92.8 Å².